The van der Waals surface area contributed by atoms with E-state index < -0.39 is 12.0 Å². The molecular formula is C8H11N3O2. The van der Waals surface area contributed by atoms with Crippen molar-refractivity contribution in [3.8, 4) is 0 Å². The lowest BCUT2D eigenvalue weighted by atomic mass is 10.2. The smallest absolute Gasteiger partial charge is 0.327 e. The van der Waals surface area contributed by atoms with Crippen molar-refractivity contribution in [2.75, 3.05) is 11.6 Å². The molecule has 1 aromatic heterocycles. The van der Waals surface area contributed by atoms with Crippen LogP contribution in [0.2, 0.25) is 0 Å². The fourth-order valence-corrected chi connectivity index (χ4v) is 1.68. The highest BCUT2D eigenvalue weighted by atomic mass is 16.4. The van der Waals surface area contributed by atoms with Crippen LogP contribution in [-0.4, -0.2) is 33.3 Å². The Kier molecular flexibility index (Phi) is 1.92. The summed E-state index contributed by atoms with van der Waals surface area (Å²) in [4.78, 5) is 14.7. The van der Waals surface area contributed by atoms with Gasteiger partial charge in [0.2, 0.25) is 0 Å². The number of rotatable bonds is 2. The van der Waals surface area contributed by atoms with Gasteiger partial charge in [-0.15, -0.1) is 0 Å². The summed E-state index contributed by atoms with van der Waals surface area (Å²) in [6.07, 6.45) is 6.68. The van der Waals surface area contributed by atoms with Crippen LogP contribution >= 0.6 is 0 Å². The summed E-state index contributed by atoms with van der Waals surface area (Å²) >= 11 is 0. The number of carboxylic acid groups (broad SMARTS) is 1. The molecular weight excluding hydrogens is 170 g/mol. The molecule has 0 unspecified atom stereocenters. The lowest BCUT2D eigenvalue weighted by molar-refractivity contribution is -0.138. The van der Waals surface area contributed by atoms with Crippen molar-refractivity contribution < 1.29 is 9.90 Å². The molecule has 0 saturated carbocycles. The summed E-state index contributed by atoms with van der Waals surface area (Å²) in [6.45, 7) is 0.785. The summed E-state index contributed by atoms with van der Waals surface area (Å²) in [6, 6.07) is -0.394. The van der Waals surface area contributed by atoms with E-state index in [1.165, 1.54) is 0 Å². The van der Waals surface area contributed by atoms with E-state index in [1.807, 2.05) is 5.01 Å². The van der Waals surface area contributed by atoms with Gasteiger partial charge in [0.15, 0.2) is 0 Å². The molecule has 0 amide bonds. The molecule has 2 rings (SSSR count). The number of imidazole rings is 1. The second-order valence-electron chi connectivity index (χ2n) is 3.10. The number of nitrogens with zero attached hydrogens (tertiary/aromatic N) is 3. The molecule has 13 heavy (non-hydrogen) atoms. The summed E-state index contributed by atoms with van der Waals surface area (Å²) in [7, 11) is 0. The largest absolute Gasteiger partial charge is 0.480 e. The molecule has 5 heteroatoms. The molecule has 1 saturated heterocycles. The summed E-state index contributed by atoms with van der Waals surface area (Å²) in [5, 5.41) is 10.7. The van der Waals surface area contributed by atoms with Gasteiger partial charge in [0.25, 0.3) is 0 Å². The predicted molar refractivity (Wildman–Crippen MR) is 46.0 cm³/mol. The molecule has 0 radical (unpaired) electrons. The highest BCUT2D eigenvalue weighted by Crippen LogP contribution is 2.15. The average molecular weight is 181 g/mol. The van der Waals surface area contributed by atoms with Crippen molar-refractivity contribution in [3.63, 3.8) is 0 Å². The Bertz CT molecular complexity index is 296. The van der Waals surface area contributed by atoms with E-state index in [1.54, 1.807) is 23.4 Å². The molecule has 70 valence electrons. The third kappa shape index (κ3) is 1.37. The van der Waals surface area contributed by atoms with Crippen molar-refractivity contribution in [2.45, 2.75) is 18.9 Å². The highest BCUT2D eigenvalue weighted by molar-refractivity contribution is 5.76. The molecule has 0 aliphatic carbocycles. The standard InChI is InChI=1S/C8H11N3O2/c12-8(13)7-2-1-4-11(7)10-5-3-9-6-10/h3,5-7H,1-2,4H2,(H,12,13)/t7-/m0/s1. The molecule has 1 aliphatic rings. The van der Waals surface area contributed by atoms with Gasteiger partial charge >= 0.3 is 5.97 Å². The van der Waals surface area contributed by atoms with E-state index in [9.17, 15) is 4.79 Å². The van der Waals surface area contributed by atoms with Gasteiger partial charge in [-0.1, -0.05) is 0 Å². The summed E-state index contributed by atoms with van der Waals surface area (Å²) in [5.74, 6) is -0.758. The Morgan fingerprint density at radius 1 is 1.62 bits per heavy atom. The minimum Gasteiger partial charge on any atom is -0.480 e. The van der Waals surface area contributed by atoms with Gasteiger partial charge in [0.1, 0.15) is 12.4 Å². The average Bonchev–Trinajstić information content (AvgIpc) is 2.74. The van der Waals surface area contributed by atoms with Gasteiger partial charge < -0.3 is 5.11 Å². The van der Waals surface area contributed by atoms with E-state index >= 15 is 0 Å². The first-order valence-electron chi connectivity index (χ1n) is 4.27. The van der Waals surface area contributed by atoms with Crippen molar-refractivity contribution in [1.29, 1.82) is 0 Å². The Labute approximate surface area is 75.6 Å². The first-order chi connectivity index (χ1) is 6.29. The van der Waals surface area contributed by atoms with Crippen molar-refractivity contribution in [1.82, 2.24) is 9.66 Å². The number of carbonyl (C=O) groups is 1. The van der Waals surface area contributed by atoms with Gasteiger partial charge in [0, 0.05) is 18.9 Å². The van der Waals surface area contributed by atoms with Gasteiger partial charge in [-0.2, -0.15) is 0 Å². The highest BCUT2D eigenvalue weighted by Gasteiger charge is 2.30. The molecule has 5 nitrogen and oxygen atoms in total. The Hall–Kier alpha value is -1.52. The third-order valence-corrected chi connectivity index (χ3v) is 2.30. The fraction of sp³-hybridized carbons (Fsp3) is 0.500. The topological polar surface area (TPSA) is 58.4 Å². The van der Waals surface area contributed by atoms with Crippen molar-refractivity contribution in [2.24, 2.45) is 0 Å². The van der Waals surface area contributed by atoms with Gasteiger partial charge in [-0.25, -0.2) is 9.78 Å². The molecule has 2 heterocycles. The quantitative estimate of drug-likeness (QED) is 0.701. The second kappa shape index (κ2) is 3.08. The van der Waals surface area contributed by atoms with Crippen LogP contribution in [0.25, 0.3) is 0 Å². The molecule has 1 N–H and O–H groups in total. The maximum Gasteiger partial charge on any atom is 0.327 e. The van der Waals surface area contributed by atoms with Gasteiger partial charge in [-0.05, 0) is 12.8 Å². The van der Waals surface area contributed by atoms with Gasteiger partial charge in [-0.3, -0.25) is 9.69 Å². The van der Waals surface area contributed by atoms with Crippen LogP contribution in [-0.2, 0) is 4.79 Å². The normalized spacial score (nSPS) is 22.2. The summed E-state index contributed by atoms with van der Waals surface area (Å²) in [5.41, 5.74) is 0. The van der Waals surface area contributed by atoms with E-state index in [0.717, 1.165) is 13.0 Å². The first kappa shape index (κ1) is 8.10. The van der Waals surface area contributed by atoms with Crippen LogP contribution in [0.4, 0.5) is 0 Å². The van der Waals surface area contributed by atoms with E-state index in [0.29, 0.717) is 6.42 Å². The molecule has 0 bridgehead atoms. The van der Waals surface area contributed by atoms with Crippen LogP contribution in [0.1, 0.15) is 12.8 Å². The Morgan fingerprint density at radius 3 is 3.08 bits per heavy atom. The van der Waals surface area contributed by atoms with E-state index in [4.69, 9.17) is 5.11 Å². The summed E-state index contributed by atoms with van der Waals surface area (Å²) < 4.78 is 1.74. The molecule has 0 aromatic carbocycles. The molecule has 0 spiro atoms. The number of aromatic nitrogens is 2. The fourth-order valence-electron chi connectivity index (χ4n) is 1.68. The zero-order valence-corrected chi connectivity index (χ0v) is 7.13. The van der Waals surface area contributed by atoms with Crippen molar-refractivity contribution in [3.05, 3.63) is 18.7 Å². The SMILES string of the molecule is O=C(O)[C@@H]1CCCN1n1ccnc1. The monoisotopic (exact) mass is 181 g/mol. The van der Waals surface area contributed by atoms with Crippen LogP contribution < -0.4 is 5.01 Å². The van der Waals surface area contributed by atoms with E-state index in [2.05, 4.69) is 4.98 Å². The van der Waals surface area contributed by atoms with Crippen LogP contribution in [0.15, 0.2) is 18.7 Å². The maximum absolute atomic E-state index is 10.8. The number of hydrogen-bond donors (Lipinski definition) is 1. The minimum atomic E-state index is -0.758. The lowest BCUT2D eigenvalue weighted by Crippen LogP contribution is -2.42. The number of aliphatic carboxylic acids is 1. The zero-order chi connectivity index (χ0) is 9.26. The first-order valence-corrected chi connectivity index (χ1v) is 4.27. The van der Waals surface area contributed by atoms with Crippen LogP contribution in [0.5, 0.6) is 0 Å². The van der Waals surface area contributed by atoms with Crippen LogP contribution in [0, 0.1) is 0 Å². The van der Waals surface area contributed by atoms with Gasteiger partial charge in [0.05, 0.1) is 0 Å². The predicted octanol–water partition coefficient (Wildman–Crippen LogP) is 0.0681. The Morgan fingerprint density at radius 2 is 2.46 bits per heavy atom. The molecule has 1 aromatic rings. The second-order valence-corrected chi connectivity index (χ2v) is 3.10. The minimum absolute atomic E-state index is 0.394. The van der Waals surface area contributed by atoms with E-state index in [-0.39, 0.29) is 0 Å². The molecule has 1 atom stereocenters. The maximum atomic E-state index is 10.8. The molecule has 1 aliphatic heterocycles. The lowest BCUT2D eigenvalue weighted by Gasteiger charge is -2.23. The Balaban J connectivity index is 2.19. The number of carboxylic acids is 1. The zero-order valence-electron chi connectivity index (χ0n) is 7.13. The molecule has 1 fully saturated rings. The number of hydrogen-bond acceptors (Lipinski definition) is 3. The third-order valence-electron chi connectivity index (χ3n) is 2.30. The van der Waals surface area contributed by atoms with Crippen LogP contribution in [0.3, 0.4) is 0 Å². The van der Waals surface area contributed by atoms with Crippen molar-refractivity contribution >= 4 is 5.97 Å².